The van der Waals surface area contributed by atoms with Crippen molar-refractivity contribution in [3.63, 3.8) is 0 Å². The lowest BCUT2D eigenvalue weighted by molar-refractivity contribution is 0.101. The number of carbonyl (C=O) groups is 1. The van der Waals surface area contributed by atoms with E-state index in [0.717, 1.165) is 33.7 Å². The van der Waals surface area contributed by atoms with Crippen LogP contribution >= 0.6 is 0 Å². The lowest BCUT2D eigenvalue weighted by Crippen LogP contribution is -2.01. The number of rotatable bonds is 4. The van der Waals surface area contributed by atoms with Gasteiger partial charge in [0.15, 0.2) is 11.6 Å². The van der Waals surface area contributed by atoms with Crippen molar-refractivity contribution in [2.45, 2.75) is 25.7 Å². The minimum Gasteiger partial charge on any atom is -0.293 e. The van der Waals surface area contributed by atoms with E-state index in [9.17, 15) is 4.79 Å². The topological polar surface area (TPSA) is 60.7 Å². The number of Topliss-reactive ketones (excluding diaryl/α,β-unsaturated/α-hetero) is 1. The van der Waals surface area contributed by atoms with Gasteiger partial charge in [-0.05, 0) is 43.2 Å². The molecule has 5 nitrogen and oxygen atoms in total. The molecule has 4 aromatic rings. The van der Waals surface area contributed by atoms with Crippen molar-refractivity contribution in [2.75, 3.05) is 0 Å². The Kier molecular flexibility index (Phi) is 3.60. The van der Waals surface area contributed by atoms with Gasteiger partial charge in [-0.2, -0.15) is 5.10 Å². The lowest BCUT2D eigenvalue weighted by Gasteiger charge is -2.07. The first-order chi connectivity index (χ1) is 13.2. The Balaban J connectivity index is 1.62. The van der Waals surface area contributed by atoms with Crippen molar-refractivity contribution in [3.8, 4) is 17.1 Å². The highest BCUT2D eigenvalue weighted by Crippen LogP contribution is 2.39. The molecule has 0 radical (unpaired) electrons. The fourth-order valence-electron chi connectivity index (χ4n) is 3.32. The maximum absolute atomic E-state index is 11.6. The summed E-state index contributed by atoms with van der Waals surface area (Å²) in [6.07, 6.45) is 4.29. The normalized spacial score (nSPS) is 13.8. The van der Waals surface area contributed by atoms with E-state index in [1.165, 1.54) is 19.8 Å². The van der Waals surface area contributed by atoms with Crippen molar-refractivity contribution in [1.82, 2.24) is 19.7 Å². The van der Waals surface area contributed by atoms with Gasteiger partial charge in [-0.15, -0.1) is 0 Å². The fraction of sp³-hybridized carbons (Fsp3) is 0.182. The summed E-state index contributed by atoms with van der Waals surface area (Å²) in [5, 5.41) is 5.59. The predicted molar refractivity (Wildman–Crippen MR) is 104 cm³/mol. The summed E-state index contributed by atoms with van der Waals surface area (Å²) >= 11 is 0. The van der Waals surface area contributed by atoms with E-state index in [2.05, 4.69) is 22.2 Å². The number of pyridine rings is 2. The summed E-state index contributed by atoms with van der Waals surface area (Å²) in [6.45, 7) is 1.53. The van der Waals surface area contributed by atoms with Gasteiger partial charge < -0.3 is 0 Å². The average Bonchev–Trinajstić information content (AvgIpc) is 3.47. The van der Waals surface area contributed by atoms with Gasteiger partial charge in [-0.25, -0.2) is 14.6 Å². The van der Waals surface area contributed by atoms with Crippen molar-refractivity contribution in [1.29, 1.82) is 0 Å². The molecule has 1 aromatic carbocycles. The number of aromatic nitrogens is 4. The number of carbonyl (C=O) groups excluding carboxylic acids is 1. The molecule has 0 amide bonds. The van der Waals surface area contributed by atoms with Gasteiger partial charge in [0.1, 0.15) is 5.69 Å². The zero-order valence-corrected chi connectivity index (χ0v) is 15.0. The Morgan fingerprint density at radius 2 is 1.89 bits per heavy atom. The van der Waals surface area contributed by atoms with Gasteiger partial charge in [0.25, 0.3) is 0 Å². The summed E-state index contributed by atoms with van der Waals surface area (Å²) < 4.78 is 1.87. The van der Waals surface area contributed by atoms with Crippen LogP contribution in [0.4, 0.5) is 0 Å². The molecule has 3 aromatic heterocycles. The molecular weight excluding hydrogens is 336 g/mol. The molecule has 3 heterocycles. The Morgan fingerprint density at radius 1 is 1.04 bits per heavy atom. The first kappa shape index (κ1) is 15.9. The number of fused-ring (bicyclic) bond motifs is 1. The van der Waals surface area contributed by atoms with Crippen LogP contribution in [0.5, 0.6) is 0 Å². The standard InChI is InChI=1S/C22H18N4O/c1-14(27)18-4-2-5-20(24-18)16-10-11-17-13-23-26(21(17)12-16)22-7-3-6-19(25-22)15-8-9-15/h2-7,10-13,15H,8-9H2,1H3. The van der Waals surface area contributed by atoms with Crippen LogP contribution in [0.15, 0.2) is 60.8 Å². The highest BCUT2D eigenvalue weighted by molar-refractivity contribution is 5.93. The lowest BCUT2D eigenvalue weighted by atomic mass is 10.1. The maximum Gasteiger partial charge on any atom is 0.178 e. The first-order valence-electron chi connectivity index (χ1n) is 9.12. The molecular formula is C22H18N4O. The van der Waals surface area contributed by atoms with E-state index in [-0.39, 0.29) is 5.78 Å². The highest BCUT2D eigenvalue weighted by atomic mass is 16.1. The maximum atomic E-state index is 11.6. The van der Waals surface area contributed by atoms with E-state index in [1.807, 2.05) is 47.3 Å². The molecule has 1 fully saturated rings. The predicted octanol–water partition coefficient (Wildman–Crippen LogP) is 4.56. The smallest absolute Gasteiger partial charge is 0.178 e. The third-order valence-corrected chi connectivity index (χ3v) is 4.95. The minimum atomic E-state index is -0.0379. The monoisotopic (exact) mass is 354 g/mol. The van der Waals surface area contributed by atoms with Crippen LogP contribution in [0, 0.1) is 0 Å². The minimum absolute atomic E-state index is 0.0379. The van der Waals surface area contributed by atoms with E-state index in [0.29, 0.717) is 11.6 Å². The molecule has 1 saturated carbocycles. The molecule has 0 atom stereocenters. The van der Waals surface area contributed by atoms with Crippen LogP contribution in [0.25, 0.3) is 28.0 Å². The summed E-state index contributed by atoms with van der Waals surface area (Å²) in [4.78, 5) is 20.9. The van der Waals surface area contributed by atoms with Crippen LogP contribution in [0.1, 0.15) is 41.9 Å². The van der Waals surface area contributed by atoms with Crippen molar-refractivity contribution in [3.05, 3.63) is 72.2 Å². The van der Waals surface area contributed by atoms with Crippen LogP contribution in [-0.2, 0) is 0 Å². The molecule has 0 N–H and O–H groups in total. The molecule has 1 aliphatic carbocycles. The molecule has 27 heavy (non-hydrogen) atoms. The molecule has 1 aliphatic rings. The second-order valence-corrected chi connectivity index (χ2v) is 6.99. The van der Waals surface area contributed by atoms with Crippen molar-refractivity contribution < 1.29 is 4.79 Å². The quantitative estimate of drug-likeness (QED) is 0.504. The van der Waals surface area contributed by atoms with E-state index < -0.39 is 0 Å². The van der Waals surface area contributed by atoms with Gasteiger partial charge in [-0.3, -0.25) is 4.79 Å². The summed E-state index contributed by atoms with van der Waals surface area (Å²) in [7, 11) is 0. The first-order valence-corrected chi connectivity index (χ1v) is 9.12. The number of ketones is 1. The summed E-state index contributed by atoms with van der Waals surface area (Å²) in [6, 6.07) is 17.7. The van der Waals surface area contributed by atoms with Gasteiger partial charge in [-0.1, -0.05) is 24.3 Å². The molecule has 0 unspecified atom stereocenters. The second kappa shape index (κ2) is 6.13. The van der Waals surface area contributed by atoms with E-state index in [4.69, 9.17) is 4.98 Å². The Bertz CT molecular complexity index is 1170. The zero-order valence-electron chi connectivity index (χ0n) is 15.0. The third-order valence-electron chi connectivity index (χ3n) is 4.95. The van der Waals surface area contributed by atoms with Crippen LogP contribution in [0.3, 0.4) is 0 Å². The highest BCUT2D eigenvalue weighted by Gasteiger charge is 2.25. The molecule has 5 rings (SSSR count). The number of hydrogen-bond donors (Lipinski definition) is 0. The molecule has 0 bridgehead atoms. The SMILES string of the molecule is CC(=O)c1cccc(-c2ccc3cnn(-c4cccc(C5CC5)n4)c3c2)n1. The van der Waals surface area contributed by atoms with Crippen LogP contribution in [0.2, 0.25) is 0 Å². The number of hydrogen-bond acceptors (Lipinski definition) is 4. The fourth-order valence-corrected chi connectivity index (χ4v) is 3.32. The van der Waals surface area contributed by atoms with Gasteiger partial charge in [0.2, 0.25) is 0 Å². The van der Waals surface area contributed by atoms with E-state index >= 15 is 0 Å². The largest absolute Gasteiger partial charge is 0.293 e. The second-order valence-electron chi connectivity index (χ2n) is 6.99. The van der Waals surface area contributed by atoms with E-state index in [1.54, 1.807) is 6.07 Å². The summed E-state index contributed by atoms with van der Waals surface area (Å²) in [5.74, 6) is 1.39. The van der Waals surface area contributed by atoms with Crippen molar-refractivity contribution >= 4 is 16.7 Å². The average molecular weight is 354 g/mol. The summed E-state index contributed by atoms with van der Waals surface area (Å²) in [5.41, 5.74) is 4.31. The van der Waals surface area contributed by atoms with Gasteiger partial charge >= 0.3 is 0 Å². The van der Waals surface area contributed by atoms with Crippen LogP contribution in [-0.4, -0.2) is 25.5 Å². The molecule has 0 saturated heterocycles. The molecule has 5 heteroatoms. The Morgan fingerprint density at radius 3 is 2.70 bits per heavy atom. The third kappa shape index (κ3) is 2.91. The zero-order chi connectivity index (χ0) is 18.4. The molecule has 132 valence electrons. The molecule has 0 aliphatic heterocycles. The van der Waals surface area contributed by atoms with Crippen molar-refractivity contribution in [2.24, 2.45) is 0 Å². The van der Waals surface area contributed by atoms with Gasteiger partial charge in [0.05, 0.1) is 17.4 Å². The van der Waals surface area contributed by atoms with Crippen LogP contribution < -0.4 is 0 Å². The number of nitrogens with zero attached hydrogens (tertiary/aromatic N) is 4. The Labute approximate surface area is 156 Å². The van der Waals surface area contributed by atoms with Gasteiger partial charge in [0, 0.05) is 29.5 Å². The number of benzene rings is 1. The molecule has 0 spiro atoms. The Hall–Kier alpha value is -3.34.